The minimum absolute atomic E-state index is 0.0228. The average Bonchev–Trinajstić information content (AvgIpc) is 3.44. The second kappa shape index (κ2) is 28.1. The molecule has 0 saturated carbocycles. The number of aliphatic carboxylic acids is 1. The molecule has 19 nitrogen and oxygen atoms in total. The number of amides is 6. The lowest BCUT2D eigenvalue weighted by atomic mass is 10.0. The zero-order valence-electron chi connectivity index (χ0n) is 32.4. The molecule has 2 heterocycles. The van der Waals surface area contributed by atoms with Gasteiger partial charge in [0.15, 0.2) is 0 Å². The van der Waals surface area contributed by atoms with Gasteiger partial charge in [0.25, 0.3) is 11.8 Å². The summed E-state index contributed by atoms with van der Waals surface area (Å²) >= 11 is 0. The first-order valence-corrected chi connectivity index (χ1v) is 19.4. The van der Waals surface area contributed by atoms with Crippen molar-refractivity contribution in [2.24, 2.45) is 0 Å². The lowest BCUT2D eigenvalue weighted by molar-refractivity contribution is -0.139. The molecule has 0 aromatic heterocycles. The van der Waals surface area contributed by atoms with Crippen molar-refractivity contribution in [1.29, 1.82) is 0 Å². The Bertz CT molecular complexity index is 1460. The molecule has 6 amide bonds. The zero-order chi connectivity index (χ0) is 41.1. The van der Waals surface area contributed by atoms with E-state index in [9.17, 15) is 33.6 Å². The first-order valence-electron chi connectivity index (χ1n) is 19.4. The highest BCUT2D eigenvalue weighted by molar-refractivity contribution is 6.26. The Hall–Kier alpha value is -4.37. The molecular weight excluding hydrogens is 752 g/mol. The molecular formula is C38H56N4O15. The maximum absolute atomic E-state index is 13.2. The molecule has 0 aliphatic carbocycles. The van der Waals surface area contributed by atoms with Gasteiger partial charge in [-0.3, -0.25) is 43.8 Å². The van der Waals surface area contributed by atoms with Gasteiger partial charge in [0, 0.05) is 39.0 Å². The van der Waals surface area contributed by atoms with Gasteiger partial charge in [-0.2, -0.15) is 0 Å². The van der Waals surface area contributed by atoms with Crippen LogP contribution in [-0.2, 0) is 57.1 Å². The van der Waals surface area contributed by atoms with E-state index in [4.69, 9.17) is 38.3 Å². The number of piperidine rings is 1. The van der Waals surface area contributed by atoms with E-state index in [1.54, 1.807) is 12.1 Å². The average molecular weight is 809 g/mol. The maximum Gasteiger partial charge on any atom is 0.303 e. The quantitative estimate of drug-likeness (QED) is 0.0574. The maximum atomic E-state index is 13.2. The summed E-state index contributed by atoms with van der Waals surface area (Å²) in [5, 5.41) is 16.1. The summed E-state index contributed by atoms with van der Waals surface area (Å²) in [5.41, 5.74) is 0.361. The minimum atomic E-state index is -1.08. The van der Waals surface area contributed by atoms with Gasteiger partial charge in [-0.25, -0.2) is 0 Å². The fraction of sp³-hybridized carbons (Fsp3) is 0.658. The fourth-order valence-corrected chi connectivity index (χ4v) is 5.63. The number of hydrogen-bond donors (Lipinski definition) is 4. The summed E-state index contributed by atoms with van der Waals surface area (Å²) < 4.78 is 38.3. The standard InChI is InChI=1S/C38H56N4O15/c43-31(11-12-34(46)47)39-13-5-15-52-17-19-54-21-23-56-25-27-57-26-24-55-22-20-53-18-16-51-14-3-1-2-8-32(44)40-29-7-4-6-28-35(29)38(50)42(37(28)49)30-9-10-33(45)41-36(30)48/h4,6-7,30H,1-3,5,8-27H2,(H,39,43)(H,40,44)(H,46,47)(H,41,45,48). The van der Waals surface area contributed by atoms with E-state index < -0.39 is 35.6 Å². The van der Waals surface area contributed by atoms with Crippen molar-refractivity contribution in [2.45, 2.75) is 63.8 Å². The molecule has 1 aromatic rings. The molecule has 2 aliphatic rings. The highest BCUT2D eigenvalue weighted by Gasteiger charge is 2.45. The van der Waals surface area contributed by atoms with E-state index in [0.29, 0.717) is 112 Å². The zero-order valence-corrected chi connectivity index (χ0v) is 32.4. The molecule has 19 heteroatoms. The van der Waals surface area contributed by atoms with Crippen molar-refractivity contribution in [1.82, 2.24) is 15.5 Å². The first-order chi connectivity index (χ1) is 27.7. The van der Waals surface area contributed by atoms with Crippen LogP contribution in [0.3, 0.4) is 0 Å². The van der Waals surface area contributed by atoms with E-state index in [2.05, 4.69) is 16.0 Å². The number of ether oxygens (including phenoxy) is 7. The first kappa shape index (κ1) is 47.0. The molecule has 2 aliphatic heterocycles. The Kier molecular flexibility index (Phi) is 23.2. The van der Waals surface area contributed by atoms with Crippen molar-refractivity contribution >= 4 is 47.1 Å². The molecule has 0 spiro atoms. The van der Waals surface area contributed by atoms with Crippen LogP contribution in [0.4, 0.5) is 5.69 Å². The lowest BCUT2D eigenvalue weighted by Gasteiger charge is -2.27. The van der Waals surface area contributed by atoms with E-state index in [-0.39, 0.29) is 60.7 Å². The molecule has 1 saturated heterocycles. The smallest absolute Gasteiger partial charge is 0.303 e. The van der Waals surface area contributed by atoms with Crippen molar-refractivity contribution in [3.8, 4) is 0 Å². The number of carboxylic acids is 1. The third-order valence-corrected chi connectivity index (χ3v) is 8.52. The van der Waals surface area contributed by atoms with Gasteiger partial charge >= 0.3 is 5.97 Å². The molecule has 3 rings (SSSR count). The predicted octanol–water partition coefficient (Wildman–Crippen LogP) is 1.07. The SMILES string of the molecule is O=C(O)CCC(=O)NCCCOCCOCCOCCOCCOCCOCCOCCCCCC(=O)Nc1cccc2c1C(=O)N(C1CCC(=O)NC1=O)C2=O. The number of carbonyl (C=O) groups is 7. The summed E-state index contributed by atoms with van der Waals surface area (Å²) in [6.45, 7) is 6.64. The summed E-state index contributed by atoms with van der Waals surface area (Å²) in [4.78, 5) is 85.3. The van der Waals surface area contributed by atoms with Gasteiger partial charge in [-0.15, -0.1) is 0 Å². The molecule has 0 bridgehead atoms. The number of unbranched alkanes of at least 4 members (excludes halogenated alkanes) is 2. The highest BCUT2D eigenvalue weighted by Crippen LogP contribution is 2.32. The largest absolute Gasteiger partial charge is 0.481 e. The number of fused-ring (bicyclic) bond motifs is 1. The van der Waals surface area contributed by atoms with E-state index in [1.165, 1.54) is 6.07 Å². The Balaban J connectivity index is 1.04. The molecule has 0 radical (unpaired) electrons. The van der Waals surface area contributed by atoms with Crippen LogP contribution >= 0.6 is 0 Å². The van der Waals surface area contributed by atoms with Crippen LogP contribution in [0.25, 0.3) is 0 Å². The third-order valence-electron chi connectivity index (χ3n) is 8.52. The Labute approximate surface area is 331 Å². The topological polar surface area (TPSA) is 244 Å². The van der Waals surface area contributed by atoms with Gasteiger partial charge in [0.1, 0.15) is 6.04 Å². The summed E-state index contributed by atoms with van der Waals surface area (Å²) in [6, 6.07) is 3.50. The number of carboxylic acid groups (broad SMARTS) is 1. The normalized spacial score (nSPS) is 15.2. The van der Waals surface area contributed by atoms with Crippen LogP contribution in [0.2, 0.25) is 0 Å². The summed E-state index contributed by atoms with van der Waals surface area (Å²) in [7, 11) is 0. The van der Waals surface area contributed by atoms with Gasteiger partial charge < -0.3 is 48.9 Å². The van der Waals surface area contributed by atoms with E-state index in [0.717, 1.165) is 17.7 Å². The molecule has 1 aromatic carbocycles. The molecule has 1 atom stereocenters. The fourth-order valence-electron chi connectivity index (χ4n) is 5.63. The summed E-state index contributed by atoms with van der Waals surface area (Å²) in [5.74, 6) is -4.03. The van der Waals surface area contributed by atoms with Gasteiger partial charge in [0.05, 0.1) is 103 Å². The molecule has 57 heavy (non-hydrogen) atoms. The van der Waals surface area contributed by atoms with Gasteiger partial charge in [0.2, 0.25) is 23.6 Å². The molecule has 1 unspecified atom stereocenters. The monoisotopic (exact) mass is 808 g/mol. The second-order valence-corrected chi connectivity index (χ2v) is 12.9. The second-order valence-electron chi connectivity index (χ2n) is 12.9. The van der Waals surface area contributed by atoms with Crippen LogP contribution in [0.15, 0.2) is 18.2 Å². The number of rotatable bonds is 33. The number of anilines is 1. The van der Waals surface area contributed by atoms with Crippen molar-refractivity contribution in [3.63, 3.8) is 0 Å². The van der Waals surface area contributed by atoms with E-state index in [1.807, 2.05) is 0 Å². The summed E-state index contributed by atoms with van der Waals surface area (Å²) in [6.07, 6.45) is 2.83. The van der Waals surface area contributed by atoms with Crippen LogP contribution in [-0.4, -0.2) is 157 Å². The Morgan fingerprint density at radius 2 is 1.19 bits per heavy atom. The predicted molar refractivity (Wildman–Crippen MR) is 200 cm³/mol. The van der Waals surface area contributed by atoms with Crippen LogP contribution in [0.1, 0.15) is 78.5 Å². The van der Waals surface area contributed by atoms with Gasteiger partial charge in [-0.1, -0.05) is 12.5 Å². The number of nitrogens with one attached hydrogen (secondary N) is 3. The number of hydrogen-bond acceptors (Lipinski definition) is 14. The van der Waals surface area contributed by atoms with Crippen LogP contribution < -0.4 is 16.0 Å². The molecule has 318 valence electrons. The number of imide groups is 2. The van der Waals surface area contributed by atoms with Crippen LogP contribution in [0, 0.1) is 0 Å². The molecule has 1 fully saturated rings. The minimum Gasteiger partial charge on any atom is -0.481 e. The van der Waals surface area contributed by atoms with Crippen LogP contribution in [0.5, 0.6) is 0 Å². The van der Waals surface area contributed by atoms with Crippen molar-refractivity contribution in [2.75, 3.05) is 104 Å². The van der Waals surface area contributed by atoms with Crippen molar-refractivity contribution in [3.05, 3.63) is 29.3 Å². The van der Waals surface area contributed by atoms with Gasteiger partial charge in [-0.05, 0) is 37.8 Å². The molecule has 4 N–H and O–H groups in total. The lowest BCUT2D eigenvalue weighted by Crippen LogP contribution is -2.54. The third kappa shape index (κ3) is 18.6. The highest BCUT2D eigenvalue weighted by atomic mass is 16.6. The number of nitrogens with zero attached hydrogens (tertiary/aromatic N) is 1. The van der Waals surface area contributed by atoms with Crippen molar-refractivity contribution < 1.29 is 71.8 Å². The Morgan fingerprint density at radius 3 is 1.74 bits per heavy atom. The number of carbonyl (C=O) groups excluding carboxylic acids is 6. The number of benzene rings is 1. The van der Waals surface area contributed by atoms with E-state index >= 15 is 0 Å². The Morgan fingerprint density at radius 1 is 0.649 bits per heavy atom.